The minimum Gasteiger partial charge on any atom is -0.493 e. The number of hydrogen-bond acceptors (Lipinski definition) is 12. The maximum atomic E-state index is 14.0. The van der Waals surface area contributed by atoms with Crippen LogP contribution in [0.4, 0.5) is 5.69 Å². The summed E-state index contributed by atoms with van der Waals surface area (Å²) in [6, 6.07) is 18.6. The van der Waals surface area contributed by atoms with Gasteiger partial charge in [-0.1, -0.05) is 30.3 Å². The third-order valence-electron chi connectivity index (χ3n) is 14.1. The van der Waals surface area contributed by atoms with Crippen molar-refractivity contribution in [3.05, 3.63) is 88.5 Å². The number of ether oxygens (including phenoxy) is 2. The van der Waals surface area contributed by atoms with Crippen LogP contribution in [-0.2, 0) is 19.4 Å². The molecule has 15 heteroatoms. The number of piperidine rings is 4. The Morgan fingerprint density at radius 2 is 1.41 bits per heavy atom. The normalized spacial score (nSPS) is 21.8. The van der Waals surface area contributed by atoms with Crippen LogP contribution in [0.25, 0.3) is 0 Å². The average Bonchev–Trinajstić information content (AvgIpc) is 3.53. The van der Waals surface area contributed by atoms with Gasteiger partial charge in [0.15, 0.2) is 11.5 Å². The van der Waals surface area contributed by atoms with Crippen LogP contribution in [0.5, 0.6) is 11.5 Å². The predicted molar refractivity (Wildman–Crippen MR) is 246 cm³/mol. The van der Waals surface area contributed by atoms with E-state index in [1.165, 1.54) is 31.9 Å². The first-order valence-corrected chi connectivity index (χ1v) is 25.3. The molecule has 0 bridgehead atoms. The summed E-state index contributed by atoms with van der Waals surface area (Å²) in [7, 11) is -2.08. The molecule has 5 aliphatic heterocycles. The fraction of sp³-hybridized carbons (Fsp3) is 0.551. The van der Waals surface area contributed by atoms with Gasteiger partial charge in [0, 0.05) is 43.5 Å². The molecule has 5 heterocycles. The number of hydrogen-bond donors (Lipinski definition) is 2. The second-order valence-electron chi connectivity index (χ2n) is 18.4. The predicted octanol–water partition coefficient (Wildman–Crippen LogP) is 5.61. The molecular weight excluding hydrogens is 833 g/mol. The van der Waals surface area contributed by atoms with Crippen LogP contribution in [-0.4, -0.2) is 142 Å². The number of carbonyl (C=O) groups excluding carboxylic acids is 4. The van der Waals surface area contributed by atoms with Gasteiger partial charge in [0.05, 0.1) is 42.6 Å². The number of imide groups is 2. The zero-order valence-electron chi connectivity index (χ0n) is 37.6. The van der Waals surface area contributed by atoms with E-state index in [4.69, 9.17) is 9.47 Å². The molecule has 4 saturated heterocycles. The third-order valence-corrected chi connectivity index (χ3v) is 15.0. The van der Waals surface area contributed by atoms with Gasteiger partial charge in [0.1, 0.15) is 9.84 Å². The number of nitrogens with zero attached hydrogens (tertiary/aromatic N) is 4. The zero-order chi connectivity index (χ0) is 45.0. The number of anilines is 1. The highest BCUT2D eigenvalue weighted by atomic mass is 32.2. The summed E-state index contributed by atoms with van der Waals surface area (Å²) < 4.78 is 36.4. The van der Waals surface area contributed by atoms with Crippen molar-refractivity contribution in [3.63, 3.8) is 0 Å². The fourth-order valence-electron chi connectivity index (χ4n) is 10.6. The van der Waals surface area contributed by atoms with E-state index in [-0.39, 0.29) is 34.9 Å². The molecule has 0 aromatic heterocycles. The van der Waals surface area contributed by atoms with Gasteiger partial charge in [-0.2, -0.15) is 0 Å². The van der Waals surface area contributed by atoms with Gasteiger partial charge < -0.3 is 29.5 Å². The first-order valence-electron chi connectivity index (χ1n) is 23.3. The number of rotatable bonds is 16. The minimum absolute atomic E-state index is 0.175. The Morgan fingerprint density at radius 3 is 2.05 bits per heavy atom. The van der Waals surface area contributed by atoms with E-state index in [9.17, 15) is 27.6 Å². The summed E-state index contributed by atoms with van der Waals surface area (Å²) in [6.45, 7) is 11.0. The molecule has 4 amide bonds. The standard InChI is InChI=1S/C49H64N6O8S/c1-4-63-45-30-36(10-14-44(45)62-2)43(32-64(3,60)61)55-48(58)41-12-11-38(31-42(41)49(55)59)50-37-18-28-54(29-19-37)39-20-26-53(27-21-39)23-5-22-52-24-16-34(17-25-52)33-6-8-35(9-7-33)40-13-15-46(56)51-47(40)57/h6-12,14,30-31,34,37,39-40,43,50H,4-5,13,15-29,32H2,1-3H3,(H,51,56,57)/t40?,43-/m1/s1. The maximum Gasteiger partial charge on any atom is 0.262 e. The highest BCUT2D eigenvalue weighted by Gasteiger charge is 2.42. The van der Waals surface area contributed by atoms with Gasteiger partial charge in [0.25, 0.3) is 11.8 Å². The van der Waals surface area contributed by atoms with Gasteiger partial charge in [-0.05, 0) is 150 Å². The Morgan fingerprint density at radius 1 is 0.750 bits per heavy atom. The quantitative estimate of drug-likeness (QED) is 0.172. The summed E-state index contributed by atoms with van der Waals surface area (Å²) in [5, 5.41) is 6.11. The molecule has 4 fully saturated rings. The number of amides is 4. The van der Waals surface area contributed by atoms with Gasteiger partial charge in [-0.15, -0.1) is 0 Å². The van der Waals surface area contributed by atoms with E-state index >= 15 is 0 Å². The van der Waals surface area contributed by atoms with Gasteiger partial charge >= 0.3 is 0 Å². The molecule has 5 aliphatic rings. The van der Waals surface area contributed by atoms with Gasteiger partial charge in [-0.25, -0.2) is 8.42 Å². The molecule has 14 nitrogen and oxygen atoms in total. The van der Waals surface area contributed by atoms with Crippen molar-refractivity contribution in [2.45, 2.75) is 94.7 Å². The van der Waals surface area contributed by atoms with Crippen LogP contribution in [0.1, 0.15) is 120 Å². The molecule has 1 unspecified atom stereocenters. The van der Waals surface area contributed by atoms with Crippen molar-refractivity contribution >= 4 is 39.2 Å². The van der Waals surface area contributed by atoms with Crippen LogP contribution in [0.2, 0.25) is 0 Å². The fourth-order valence-corrected chi connectivity index (χ4v) is 11.5. The van der Waals surface area contributed by atoms with Crippen molar-refractivity contribution in [2.24, 2.45) is 0 Å². The Hall–Kier alpha value is -4.83. The van der Waals surface area contributed by atoms with Gasteiger partial charge in [0.2, 0.25) is 11.8 Å². The summed E-state index contributed by atoms with van der Waals surface area (Å²) in [5.41, 5.74) is 4.14. The topological polar surface area (TPSA) is 158 Å². The Balaban J connectivity index is 0.756. The lowest BCUT2D eigenvalue weighted by Crippen LogP contribution is -2.49. The molecule has 2 N–H and O–H groups in total. The summed E-state index contributed by atoms with van der Waals surface area (Å²) in [4.78, 5) is 60.6. The summed E-state index contributed by atoms with van der Waals surface area (Å²) in [5.74, 6) is -0.599. The van der Waals surface area contributed by atoms with Crippen molar-refractivity contribution in [3.8, 4) is 11.5 Å². The number of benzene rings is 3. The molecular formula is C49H64N6O8S. The van der Waals surface area contributed by atoms with Crippen molar-refractivity contribution in [1.29, 1.82) is 0 Å². The molecule has 3 aromatic rings. The molecule has 0 saturated carbocycles. The van der Waals surface area contributed by atoms with Crippen LogP contribution in [0.3, 0.4) is 0 Å². The summed E-state index contributed by atoms with van der Waals surface area (Å²) >= 11 is 0. The van der Waals surface area contributed by atoms with E-state index in [2.05, 4.69) is 49.6 Å². The minimum atomic E-state index is -3.60. The highest BCUT2D eigenvalue weighted by Crippen LogP contribution is 2.38. The van der Waals surface area contributed by atoms with Gasteiger partial charge in [-0.3, -0.25) is 29.4 Å². The number of nitrogens with one attached hydrogen (secondary N) is 2. The van der Waals surface area contributed by atoms with Crippen LogP contribution >= 0.6 is 0 Å². The summed E-state index contributed by atoms with van der Waals surface area (Å²) in [6.07, 6.45) is 9.93. The largest absolute Gasteiger partial charge is 0.493 e. The molecule has 0 aliphatic carbocycles. The van der Waals surface area contributed by atoms with Crippen molar-refractivity contribution < 1.29 is 37.1 Å². The molecule has 3 aromatic carbocycles. The number of sulfone groups is 1. The number of fused-ring (bicyclic) bond motifs is 1. The first kappa shape index (κ1) is 45.7. The second-order valence-corrected chi connectivity index (χ2v) is 20.5. The monoisotopic (exact) mass is 896 g/mol. The SMILES string of the molecule is CCOc1cc([C@@H](CS(C)(=O)=O)N2C(=O)c3ccc(NC4CCN(C5CCN(CCCN6CCC(c7ccc(C8CCC(=O)NC8=O)cc7)CC6)CC5)CC4)cc3C2=O)ccc1OC. The lowest BCUT2D eigenvalue weighted by atomic mass is 9.86. The lowest BCUT2D eigenvalue weighted by molar-refractivity contribution is -0.134. The first-order chi connectivity index (χ1) is 30.9. The van der Waals surface area contributed by atoms with E-state index in [0.29, 0.717) is 48.5 Å². The lowest BCUT2D eigenvalue weighted by Gasteiger charge is -2.42. The van der Waals surface area contributed by atoms with E-state index in [1.807, 2.05) is 13.0 Å². The molecule has 0 radical (unpaired) electrons. The van der Waals surface area contributed by atoms with Crippen LogP contribution in [0, 0.1) is 0 Å². The molecule has 2 atom stereocenters. The second kappa shape index (κ2) is 20.1. The van der Waals surface area contributed by atoms with E-state index in [1.54, 1.807) is 30.3 Å². The highest BCUT2D eigenvalue weighted by molar-refractivity contribution is 7.90. The smallest absolute Gasteiger partial charge is 0.262 e. The molecule has 0 spiro atoms. The van der Waals surface area contributed by atoms with Crippen molar-refractivity contribution in [2.75, 3.05) is 83.4 Å². The molecule has 8 rings (SSSR count). The molecule has 64 heavy (non-hydrogen) atoms. The van der Waals surface area contributed by atoms with Crippen LogP contribution < -0.4 is 20.1 Å². The average molecular weight is 897 g/mol. The van der Waals surface area contributed by atoms with E-state index < -0.39 is 33.4 Å². The maximum absolute atomic E-state index is 14.0. The number of carbonyl (C=O) groups is 4. The number of likely N-dealkylation sites (tertiary alicyclic amines) is 3. The molecule has 344 valence electrons. The van der Waals surface area contributed by atoms with Crippen LogP contribution in [0.15, 0.2) is 60.7 Å². The third kappa shape index (κ3) is 10.6. The number of methoxy groups -OCH3 is 1. The Kier molecular flexibility index (Phi) is 14.4. The Labute approximate surface area is 377 Å². The zero-order valence-corrected chi connectivity index (χ0v) is 38.4. The Bertz CT molecular complexity index is 2280. The van der Waals surface area contributed by atoms with Crippen molar-refractivity contribution in [1.82, 2.24) is 24.9 Å². The van der Waals surface area contributed by atoms with E-state index in [0.717, 1.165) is 100 Å².